The maximum Gasteiger partial charge on any atom is 0.281 e. The fraction of sp³-hybridized carbons (Fsp3) is 0.278. The molecule has 0 aromatic carbocycles. The topological polar surface area (TPSA) is 56.0 Å². The van der Waals surface area contributed by atoms with Gasteiger partial charge in [-0.05, 0) is 37.1 Å². The van der Waals surface area contributed by atoms with Gasteiger partial charge in [-0.3, -0.25) is 0 Å². The first-order valence-electron chi connectivity index (χ1n) is 6.99. The summed E-state index contributed by atoms with van der Waals surface area (Å²) in [7, 11) is 0. The first-order valence-corrected chi connectivity index (χ1v) is 6.99. The van der Waals surface area contributed by atoms with Gasteiger partial charge in [0.05, 0.1) is 6.07 Å². The minimum absolute atomic E-state index is 0.0995. The summed E-state index contributed by atoms with van der Waals surface area (Å²) >= 11 is 0. The molecule has 0 saturated heterocycles. The molecule has 23 heavy (non-hydrogen) atoms. The van der Waals surface area contributed by atoms with E-state index in [0.29, 0.717) is 16.8 Å². The Balaban J connectivity index is 3.16. The number of nitrogens with one attached hydrogen (secondary N) is 1. The average Bonchev–Trinajstić information content (AvgIpc) is 2.73. The largest absolute Gasteiger partial charge is 0.382 e. The van der Waals surface area contributed by atoms with Crippen LogP contribution in [0.15, 0.2) is 71.7 Å². The lowest BCUT2D eigenvalue weighted by atomic mass is 10.0. The van der Waals surface area contributed by atoms with Crippen LogP contribution in [0.5, 0.6) is 0 Å². The maximum atomic E-state index is 13.8. The highest BCUT2D eigenvalue weighted by molar-refractivity contribution is 5.51. The lowest BCUT2D eigenvalue weighted by Crippen LogP contribution is -2.29. The van der Waals surface area contributed by atoms with Gasteiger partial charge in [0, 0.05) is 23.4 Å². The van der Waals surface area contributed by atoms with Crippen LogP contribution in [0.2, 0.25) is 0 Å². The highest BCUT2D eigenvalue weighted by atomic mass is 19.3. The molecule has 1 atom stereocenters. The number of aliphatic hydroxyl groups is 1. The molecule has 0 saturated carbocycles. The molecule has 3 nitrogen and oxygen atoms in total. The summed E-state index contributed by atoms with van der Waals surface area (Å²) in [6.07, 6.45) is 2.08. The fourth-order valence-electron chi connectivity index (χ4n) is 2.31. The Morgan fingerprint density at radius 1 is 1.48 bits per heavy atom. The maximum absolute atomic E-state index is 13.8. The molecule has 1 aliphatic rings. The fourth-order valence-corrected chi connectivity index (χ4v) is 2.31. The third kappa shape index (κ3) is 4.05. The Morgan fingerprint density at radius 3 is 2.52 bits per heavy atom. The van der Waals surface area contributed by atoms with Crippen molar-refractivity contribution in [1.29, 1.82) is 5.26 Å². The molecule has 0 radical (unpaired) electrons. The third-order valence-corrected chi connectivity index (χ3v) is 3.50. The molecule has 1 rings (SSSR count). The summed E-state index contributed by atoms with van der Waals surface area (Å²) < 4.78 is 27.6. The van der Waals surface area contributed by atoms with Gasteiger partial charge in [0.15, 0.2) is 0 Å². The second-order valence-electron chi connectivity index (χ2n) is 5.28. The van der Waals surface area contributed by atoms with Crippen LogP contribution in [-0.4, -0.2) is 17.1 Å². The number of alkyl halides is 2. The van der Waals surface area contributed by atoms with Crippen molar-refractivity contribution in [2.45, 2.75) is 32.3 Å². The molecular formula is C18H20F2N2O. The molecule has 122 valence electrons. The normalized spacial score (nSPS) is 21.0. The Hall–Kier alpha value is -2.45. The second kappa shape index (κ2) is 7.21. The van der Waals surface area contributed by atoms with E-state index in [9.17, 15) is 13.9 Å². The summed E-state index contributed by atoms with van der Waals surface area (Å²) in [6, 6.07) is 1.99. The highest BCUT2D eigenvalue weighted by Crippen LogP contribution is 2.44. The predicted molar refractivity (Wildman–Crippen MR) is 87.3 cm³/mol. The number of aliphatic hydroxyl groups excluding tert-OH is 1. The molecule has 5 heteroatoms. The number of nitrogens with zero attached hydrogens (tertiary/aromatic N) is 1. The number of halogens is 2. The van der Waals surface area contributed by atoms with E-state index >= 15 is 0 Å². The second-order valence-corrected chi connectivity index (χ2v) is 5.28. The Labute approximate surface area is 135 Å². The van der Waals surface area contributed by atoms with Crippen LogP contribution in [0.1, 0.15) is 20.3 Å². The van der Waals surface area contributed by atoms with E-state index in [1.807, 2.05) is 6.07 Å². The van der Waals surface area contributed by atoms with E-state index in [1.54, 1.807) is 19.9 Å². The van der Waals surface area contributed by atoms with Crippen molar-refractivity contribution in [2.24, 2.45) is 0 Å². The molecule has 1 aliphatic carbocycles. The molecule has 0 aliphatic heterocycles. The quantitative estimate of drug-likeness (QED) is 0.577. The monoisotopic (exact) mass is 318 g/mol. The zero-order valence-electron chi connectivity index (χ0n) is 13.3. The SMILES string of the molecule is C=C/C(=C\C(C#N)=C/C)NC(=C)C1=C(C(=C)C)[C@H](O)C(F)(F)C1. The van der Waals surface area contributed by atoms with Gasteiger partial charge < -0.3 is 10.4 Å². The molecule has 0 aromatic rings. The number of allylic oxidation sites excluding steroid dienone is 5. The van der Waals surface area contributed by atoms with Crippen molar-refractivity contribution in [3.05, 3.63) is 71.7 Å². The van der Waals surface area contributed by atoms with Crippen LogP contribution in [-0.2, 0) is 0 Å². The Kier molecular flexibility index (Phi) is 5.83. The molecule has 0 aromatic heterocycles. The number of nitriles is 1. The van der Waals surface area contributed by atoms with Gasteiger partial charge in [-0.25, -0.2) is 8.78 Å². The molecule has 0 bridgehead atoms. The first kappa shape index (κ1) is 18.6. The zero-order chi connectivity index (χ0) is 17.8. The molecule has 2 N–H and O–H groups in total. The van der Waals surface area contributed by atoms with E-state index in [4.69, 9.17) is 5.26 Å². The highest BCUT2D eigenvalue weighted by Gasteiger charge is 2.48. The standard InChI is InChI=1S/C18H20F2N2O/c1-6-13(10-21)8-14(7-2)22-12(5)15-9-18(19,20)17(23)16(15)11(3)4/h6-8,17,22-23H,2-3,5,9H2,1,4H3/b13-6+,14-8+/t17-/m0/s1. The predicted octanol–water partition coefficient (Wildman–Crippen LogP) is 3.90. The first-order chi connectivity index (χ1) is 10.7. The summed E-state index contributed by atoms with van der Waals surface area (Å²) in [6.45, 7) is 14.3. The molecule has 0 unspecified atom stereocenters. The smallest absolute Gasteiger partial charge is 0.281 e. The molecular weight excluding hydrogens is 298 g/mol. The van der Waals surface area contributed by atoms with Crippen LogP contribution in [0.3, 0.4) is 0 Å². The third-order valence-electron chi connectivity index (χ3n) is 3.50. The van der Waals surface area contributed by atoms with Crippen molar-refractivity contribution >= 4 is 0 Å². The zero-order valence-corrected chi connectivity index (χ0v) is 13.3. The van der Waals surface area contributed by atoms with Crippen LogP contribution in [0.25, 0.3) is 0 Å². The minimum Gasteiger partial charge on any atom is -0.382 e. The van der Waals surface area contributed by atoms with Crippen LogP contribution in [0.4, 0.5) is 8.78 Å². The van der Waals surface area contributed by atoms with Gasteiger partial charge in [0.1, 0.15) is 6.10 Å². The van der Waals surface area contributed by atoms with Gasteiger partial charge in [-0.2, -0.15) is 5.26 Å². The summed E-state index contributed by atoms with van der Waals surface area (Å²) in [5.41, 5.74) is 1.75. The minimum atomic E-state index is -3.26. The summed E-state index contributed by atoms with van der Waals surface area (Å²) in [4.78, 5) is 0. The number of hydrogen-bond acceptors (Lipinski definition) is 3. The lowest BCUT2D eigenvalue weighted by Gasteiger charge is -2.16. The van der Waals surface area contributed by atoms with E-state index in [2.05, 4.69) is 25.1 Å². The van der Waals surface area contributed by atoms with E-state index in [1.165, 1.54) is 12.2 Å². The van der Waals surface area contributed by atoms with Crippen molar-refractivity contribution in [2.75, 3.05) is 0 Å². The van der Waals surface area contributed by atoms with Crippen molar-refractivity contribution < 1.29 is 13.9 Å². The van der Waals surface area contributed by atoms with Gasteiger partial charge in [0.25, 0.3) is 5.92 Å². The van der Waals surface area contributed by atoms with Crippen molar-refractivity contribution in [3.8, 4) is 6.07 Å². The van der Waals surface area contributed by atoms with Gasteiger partial charge in [0.2, 0.25) is 0 Å². The molecule has 0 fully saturated rings. The molecule has 0 heterocycles. The Morgan fingerprint density at radius 2 is 2.09 bits per heavy atom. The average molecular weight is 318 g/mol. The van der Waals surface area contributed by atoms with Gasteiger partial charge in [-0.1, -0.05) is 31.4 Å². The summed E-state index contributed by atoms with van der Waals surface area (Å²) in [5, 5.41) is 21.6. The van der Waals surface area contributed by atoms with E-state index < -0.39 is 18.4 Å². The lowest BCUT2D eigenvalue weighted by molar-refractivity contribution is -0.0776. The number of hydrogen-bond donors (Lipinski definition) is 2. The molecule has 0 amide bonds. The van der Waals surface area contributed by atoms with Crippen molar-refractivity contribution in [1.82, 2.24) is 5.32 Å². The van der Waals surface area contributed by atoms with Crippen LogP contribution in [0, 0.1) is 11.3 Å². The molecule has 0 spiro atoms. The van der Waals surface area contributed by atoms with Gasteiger partial charge in [-0.15, -0.1) is 0 Å². The van der Waals surface area contributed by atoms with E-state index in [0.717, 1.165) is 0 Å². The van der Waals surface area contributed by atoms with Crippen LogP contribution < -0.4 is 5.32 Å². The van der Waals surface area contributed by atoms with Crippen molar-refractivity contribution in [3.63, 3.8) is 0 Å². The van der Waals surface area contributed by atoms with E-state index in [-0.39, 0.29) is 16.8 Å². The van der Waals surface area contributed by atoms with Gasteiger partial charge >= 0.3 is 0 Å². The Bertz CT molecular complexity index is 676. The summed E-state index contributed by atoms with van der Waals surface area (Å²) in [5.74, 6) is -3.26. The number of rotatable bonds is 6. The van der Waals surface area contributed by atoms with Crippen LogP contribution >= 0.6 is 0 Å².